The van der Waals surface area contributed by atoms with Gasteiger partial charge in [-0.2, -0.15) is 5.10 Å². The van der Waals surface area contributed by atoms with Crippen LogP contribution in [0.4, 0.5) is 0 Å². The number of hydrogen-bond acceptors (Lipinski definition) is 4. The van der Waals surface area contributed by atoms with E-state index < -0.39 is 0 Å². The fraction of sp³-hybridized carbons (Fsp3) is 0.190. The van der Waals surface area contributed by atoms with Crippen LogP contribution in [-0.2, 0) is 7.05 Å². The number of imidazole rings is 1. The molecule has 0 fully saturated rings. The van der Waals surface area contributed by atoms with Crippen molar-refractivity contribution in [3.8, 4) is 28.3 Å². The monoisotopic (exact) mass is 375 g/mol. The molecule has 0 aliphatic heterocycles. The molecular formula is C21H21N5O2. The van der Waals surface area contributed by atoms with Gasteiger partial charge in [0, 0.05) is 30.6 Å². The van der Waals surface area contributed by atoms with Crippen LogP contribution >= 0.6 is 0 Å². The first-order chi connectivity index (χ1) is 13.6. The van der Waals surface area contributed by atoms with Crippen molar-refractivity contribution in [2.75, 3.05) is 7.11 Å². The van der Waals surface area contributed by atoms with Gasteiger partial charge < -0.3 is 14.3 Å². The van der Waals surface area contributed by atoms with Crippen LogP contribution in [0.1, 0.15) is 18.5 Å². The summed E-state index contributed by atoms with van der Waals surface area (Å²) in [6, 6.07) is 11.3. The molecule has 0 aliphatic carbocycles. The highest BCUT2D eigenvalue weighted by Gasteiger charge is 2.21. The predicted molar refractivity (Wildman–Crippen MR) is 107 cm³/mol. The number of hydrogen-bond donors (Lipinski definition) is 1. The Bertz CT molecular complexity index is 1150. The molecule has 3 aromatic heterocycles. The number of aryl methyl sites for hydroxylation is 1. The highest BCUT2D eigenvalue weighted by atomic mass is 16.5. The number of aromatic amines is 1. The third kappa shape index (κ3) is 3.11. The summed E-state index contributed by atoms with van der Waals surface area (Å²) >= 11 is 0. The molecule has 4 rings (SSSR count). The summed E-state index contributed by atoms with van der Waals surface area (Å²) in [6.45, 7) is 2.07. The molecule has 7 heteroatoms. The van der Waals surface area contributed by atoms with Crippen molar-refractivity contribution in [1.82, 2.24) is 24.3 Å². The minimum atomic E-state index is -0.155. The molecule has 0 saturated heterocycles. The average Bonchev–Trinajstić information content (AvgIpc) is 3.34. The smallest absolute Gasteiger partial charge is 0.257 e. The first-order valence-electron chi connectivity index (χ1n) is 8.96. The first kappa shape index (κ1) is 17.8. The average molecular weight is 375 g/mol. The van der Waals surface area contributed by atoms with Gasteiger partial charge >= 0.3 is 0 Å². The number of methoxy groups -OCH3 is 1. The molecule has 3 heterocycles. The van der Waals surface area contributed by atoms with Crippen LogP contribution in [-0.4, -0.2) is 31.4 Å². The molecule has 7 nitrogen and oxygen atoms in total. The number of pyridine rings is 1. The highest BCUT2D eigenvalue weighted by molar-refractivity contribution is 5.78. The van der Waals surface area contributed by atoms with E-state index in [0.29, 0.717) is 5.56 Å². The molecule has 4 aromatic rings. The van der Waals surface area contributed by atoms with Gasteiger partial charge in [-0.15, -0.1) is 0 Å². The summed E-state index contributed by atoms with van der Waals surface area (Å²) in [5, 5.41) is 4.27. The second-order valence-electron chi connectivity index (χ2n) is 6.61. The maximum absolute atomic E-state index is 12.6. The first-order valence-corrected chi connectivity index (χ1v) is 8.96. The predicted octanol–water partition coefficient (Wildman–Crippen LogP) is 3.26. The Hall–Kier alpha value is -3.61. The molecule has 1 atom stereocenters. The number of H-pyrrole nitrogens is 1. The summed E-state index contributed by atoms with van der Waals surface area (Å²) in [7, 11) is 3.52. The molecule has 28 heavy (non-hydrogen) atoms. The Morgan fingerprint density at radius 2 is 1.96 bits per heavy atom. The van der Waals surface area contributed by atoms with Crippen LogP contribution in [0.25, 0.3) is 22.5 Å². The SMILES string of the molecule is COc1ccc(-c2ncn(C(C)c3cnn(C)c3)c2-c2ccc[nH]c2=O)cc1. The number of nitrogens with one attached hydrogen (secondary N) is 1. The zero-order valence-electron chi connectivity index (χ0n) is 16.0. The maximum atomic E-state index is 12.6. The van der Waals surface area contributed by atoms with E-state index in [4.69, 9.17) is 4.74 Å². The number of rotatable bonds is 5. The van der Waals surface area contributed by atoms with E-state index in [9.17, 15) is 4.79 Å². The van der Waals surface area contributed by atoms with Crippen molar-refractivity contribution in [3.63, 3.8) is 0 Å². The van der Waals surface area contributed by atoms with Crippen LogP contribution < -0.4 is 10.3 Å². The van der Waals surface area contributed by atoms with Gasteiger partial charge in [-0.1, -0.05) is 0 Å². The minimum absolute atomic E-state index is 0.0391. The molecule has 0 aliphatic rings. The number of aromatic nitrogens is 5. The Kier molecular flexibility index (Phi) is 4.57. The van der Waals surface area contributed by atoms with Crippen molar-refractivity contribution >= 4 is 0 Å². The van der Waals surface area contributed by atoms with E-state index in [1.165, 1.54) is 0 Å². The molecular weight excluding hydrogens is 354 g/mol. The molecule has 0 amide bonds. The zero-order valence-corrected chi connectivity index (χ0v) is 16.0. The van der Waals surface area contributed by atoms with E-state index in [0.717, 1.165) is 28.3 Å². The van der Waals surface area contributed by atoms with Gasteiger partial charge in [-0.25, -0.2) is 4.98 Å². The van der Waals surface area contributed by atoms with Gasteiger partial charge in [0.15, 0.2) is 0 Å². The van der Waals surface area contributed by atoms with Crippen molar-refractivity contribution in [1.29, 1.82) is 0 Å². The van der Waals surface area contributed by atoms with Gasteiger partial charge in [-0.05, 0) is 43.3 Å². The van der Waals surface area contributed by atoms with E-state index in [1.807, 2.05) is 60.4 Å². The number of ether oxygens (including phenoxy) is 1. The fourth-order valence-electron chi connectivity index (χ4n) is 3.31. The molecule has 0 spiro atoms. The lowest BCUT2D eigenvalue weighted by atomic mass is 10.0. The second kappa shape index (κ2) is 7.19. The van der Waals surface area contributed by atoms with Crippen molar-refractivity contribution < 1.29 is 4.74 Å². The second-order valence-corrected chi connectivity index (χ2v) is 6.61. The third-order valence-electron chi connectivity index (χ3n) is 4.85. The topological polar surface area (TPSA) is 77.7 Å². The van der Waals surface area contributed by atoms with Crippen LogP contribution in [0.3, 0.4) is 0 Å². The van der Waals surface area contributed by atoms with Gasteiger partial charge in [0.05, 0.1) is 42.6 Å². The highest BCUT2D eigenvalue weighted by Crippen LogP contribution is 2.33. The molecule has 0 bridgehead atoms. The Morgan fingerprint density at radius 3 is 2.61 bits per heavy atom. The molecule has 0 radical (unpaired) electrons. The van der Waals surface area contributed by atoms with Crippen molar-refractivity contribution in [2.45, 2.75) is 13.0 Å². The van der Waals surface area contributed by atoms with Crippen LogP contribution in [0.5, 0.6) is 5.75 Å². The summed E-state index contributed by atoms with van der Waals surface area (Å²) < 4.78 is 9.03. The van der Waals surface area contributed by atoms with Crippen LogP contribution in [0, 0.1) is 0 Å². The normalized spacial score (nSPS) is 12.1. The van der Waals surface area contributed by atoms with Crippen LogP contribution in [0.2, 0.25) is 0 Å². The summed E-state index contributed by atoms with van der Waals surface area (Å²) in [4.78, 5) is 20.0. The Labute approximate surface area is 162 Å². The van der Waals surface area contributed by atoms with E-state index in [-0.39, 0.29) is 11.6 Å². The quantitative estimate of drug-likeness (QED) is 0.581. The maximum Gasteiger partial charge on any atom is 0.257 e. The summed E-state index contributed by atoms with van der Waals surface area (Å²) in [6.07, 6.45) is 7.20. The summed E-state index contributed by atoms with van der Waals surface area (Å²) in [5.41, 5.74) is 3.88. The van der Waals surface area contributed by atoms with Gasteiger partial charge in [0.25, 0.3) is 5.56 Å². The van der Waals surface area contributed by atoms with Crippen LogP contribution in [0.15, 0.2) is 66.1 Å². The van der Waals surface area contributed by atoms with Crippen molar-refractivity contribution in [2.24, 2.45) is 7.05 Å². The third-order valence-corrected chi connectivity index (χ3v) is 4.85. The molecule has 1 unspecified atom stereocenters. The largest absolute Gasteiger partial charge is 0.497 e. The lowest BCUT2D eigenvalue weighted by Gasteiger charge is -2.16. The van der Waals surface area contributed by atoms with E-state index in [2.05, 4.69) is 22.0 Å². The molecule has 1 N–H and O–H groups in total. The standard InChI is InChI=1S/C21H21N5O2/c1-14(16-11-24-25(2)12-16)26-13-23-19(15-6-8-17(28-3)9-7-15)20(26)18-5-4-10-22-21(18)27/h4-14H,1-3H3,(H,22,27). The fourth-order valence-corrected chi connectivity index (χ4v) is 3.31. The van der Waals surface area contributed by atoms with Gasteiger partial charge in [0.1, 0.15) is 5.75 Å². The lowest BCUT2D eigenvalue weighted by Crippen LogP contribution is -2.13. The minimum Gasteiger partial charge on any atom is -0.497 e. The number of nitrogens with zero attached hydrogens (tertiary/aromatic N) is 4. The van der Waals surface area contributed by atoms with E-state index in [1.54, 1.807) is 24.3 Å². The zero-order chi connectivity index (χ0) is 19.7. The number of benzene rings is 1. The van der Waals surface area contributed by atoms with Gasteiger partial charge in [0.2, 0.25) is 0 Å². The molecule has 1 aromatic carbocycles. The molecule has 0 saturated carbocycles. The Morgan fingerprint density at radius 1 is 1.18 bits per heavy atom. The van der Waals surface area contributed by atoms with Crippen molar-refractivity contribution in [3.05, 3.63) is 77.2 Å². The van der Waals surface area contributed by atoms with Gasteiger partial charge in [-0.3, -0.25) is 9.48 Å². The Balaban J connectivity index is 1.91. The summed E-state index contributed by atoms with van der Waals surface area (Å²) in [5.74, 6) is 0.769. The van der Waals surface area contributed by atoms with E-state index >= 15 is 0 Å². The molecule has 142 valence electrons. The lowest BCUT2D eigenvalue weighted by molar-refractivity contribution is 0.415.